The number of rotatable bonds is 3. The Morgan fingerprint density at radius 1 is 1.30 bits per heavy atom. The fourth-order valence-corrected chi connectivity index (χ4v) is 2.40. The predicted octanol–water partition coefficient (Wildman–Crippen LogP) is 2.32. The fraction of sp³-hybridized carbons (Fsp3) is 0.250. The van der Waals surface area contributed by atoms with E-state index in [0.29, 0.717) is 5.92 Å². The second-order valence-electron chi connectivity index (χ2n) is 4.80. The zero-order valence-corrected chi connectivity index (χ0v) is 11.3. The molecule has 1 atom stereocenters. The van der Waals surface area contributed by atoms with Crippen LogP contribution in [0.3, 0.4) is 0 Å². The van der Waals surface area contributed by atoms with E-state index in [0.717, 1.165) is 18.4 Å². The Hall–Kier alpha value is -2.36. The Bertz CT molecular complexity index is 569. The van der Waals surface area contributed by atoms with Crippen molar-refractivity contribution < 1.29 is 4.79 Å². The van der Waals surface area contributed by atoms with Crippen molar-refractivity contribution in [1.82, 2.24) is 0 Å². The van der Waals surface area contributed by atoms with Gasteiger partial charge in [0.1, 0.15) is 0 Å². The van der Waals surface area contributed by atoms with Gasteiger partial charge in [-0.1, -0.05) is 36.4 Å². The smallest absolute Gasteiger partial charge is 0.272 e. The lowest BCUT2D eigenvalue weighted by atomic mass is 9.86. The van der Waals surface area contributed by atoms with Gasteiger partial charge in [0.2, 0.25) is 0 Å². The van der Waals surface area contributed by atoms with E-state index >= 15 is 0 Å². The van der Waals surface area contributed by atoms with Gasteiger partial charge in [0, 0.05) is 12.0 Å². The van der Waals surface area contributed by atoms with Crippen LogP contribution in [-0.4, -0.2) is 11.9 Å². The molecule has 4 heteroatoms. The quantitative estimate of drug-likeness (QED) is 0.382. The Labute approximate surface area is 118 Å². The van der Waals surface area contributed by atoms with Crippen molar-refractivity contribution in [1.29, 1.82) is 0 Å². The first kappa shape index (κ1) is 14.1. The highest BCUT2D eigenvalue weighted by Gasteiger charge is 2.13. The van der Waals surface area contributed by atoms with E-state index in [2.05, 4.69) is 23.2 Å². The summed E-state index contributed by atoms with van der Waals surface area (Å²) >= 11 is 0. The molecule has 1 aromatic rings. The monoisotopic (exact) mass is 269 g/mol. The van der Waals surface area contributed by atoms with Gasteiger partial charge >= 0.3 is 0 Å². The molecular formula is C16H19N3O. The first-order valence-electron chi connectivity index (χ1n) is 6.74. The number of guanidine groups is 1. The molecule has 2 rings (SSSR count). The van der Waals surface area contributed by atoms with Gasteiger partial charge in [0.15, 0.2) is 5.96 Å². The number of benzene rings is 1. The molecule has 0 spiro atoms. The molecule has 1 aliphatic carbocycles. The molecule has 0 aromatic heterocycles. The van der Waals surface area contributed by atoms with E-state index < -0.39 is 5.91 Å². The lowest BCUT2D eigenvalue weighted by Gasteiger charge is -2.18. The fourth-order valence-electron chi connectivity index (χ4n) is 2.40. The van der Waals surface area contributed by atoms with Crippen LogP contribution in [-0.2, 0) is 4.79 Å². The van der Waals surface area contributed by atoms with Crippen molar-refractivity contribution in [3.05, 3.63) is 53.6 Å². The average molecular weight is 269 g/mol. The van der Waals surface area contributed by atoms with E-state index in [9.17, 15) is 4.79 Å². The molecule has 0 heterocycles. The second-order valence-corrected chi connectivity index (χ2v) is 4.80. The normalized spacial score (nSPS) is 18.1. The summed E-state index contributed by atoms with van der Waals surface area (Å²) in [7, 11) is 0. The third kappa shape index (κ3) is 3.82. The van der Waals surface area contributed by atoms with Crippen LogP contribution in [0.25, 0.3) is 6.08 Å². The minimum Gasteiger partial charge on any atom is -0.370 e. The number of carbonyl (C=O) groups excluding carboxylic acids is 1. The van der Waals surface area contributed by atoms with E-state index in [1.54, 1.807) is 6.08 Å². The standard InChI is InChI=1S/C16H19N3O/c17-16(18)19-15(20)11-10-13-8-4-5-9-14(13)12-6-2-1-3-7-12/h2,4-6,8-12H,1,3,7H2,(H4,17,18,19,20). The largest absolute Gasteiger partial charge is 0.370 e. The zero-order valence-electron chi connectivity index (χ0n) is 11.3. The summed E-state index contributed by atoms with van der Waals surface area (Å²) in [4.78, 5) is 14.9. The second kappa shape index (κ2) is 6.70. The van der Waals surface area contributed by atoms with Crippen molar-refractivity contribution in [3.8, 4) is 0 Å². The van der Waals surface area contributed by atoms with Crippen LogP contribution < -0.4 is 11.5 Å². The molecule has 0 aliphatic heterocycles. The van der Waals surface area contributed by atoms with Crippen LogP contribution in [0, 0.1) is 0 Å². The molecule has 4 nitrogen and oxygen atoms in total. The highest BCUT2D eigenvalue weighted by molar-refractivity contribution is 5.99. The van der Waals surface area contributed by atoms with Gasteiger partial charge in [0.25, 0.3) is 5.91 Å². The molecule has 0 saturated carbocycles. The lowest BCUT2D eigenvalue weighted by Crippen LogP contribution is -2.23. The first-order valence-corrected chi connectivity index (χ1v) is 6.74. The topological polar surface area (TPSA) is 81.5 Å². The number of hydrogen-bond acceptors (Lipinski definition) is 1. The molecule has 1 aliphatic rings. The van der Waals surface area contributed by atoms with E-state index in [-0.39, 0.29) is 5.96 Å². The molecule has 1 amide bonds. The summed E-state index contributed by atoms with van der Waals surface area (Å²) in [6.45, 7) is 0. The molecule has 0 radical (unpaired) electrons. The van der Waals surface area contributed by atoms with Gasteiger partial charge in [-0.15, -0.1) is 0 Å². The van der Waals surface area contributed by atoms with Gasteiger partial charge in [-0.25, -0.2) is 0 Å². The van der Waals surface area contributed by atoms with Gasteiger partial charge in [0.05, 0.1) is 0 Å². The summed E-state index contributed by atoms with van der Waals surface area (Å²) in [6.07, 6.45) is 11.1. The van der Waals surface area contributed by atoms with Crippen molar-refractivity contribution in [2.45, 2.75) is 25.2 Å². The molecular weight excluding hydrogens is 250 g/mol. The van der Waals surface area contributed by atoms with Crippen LogP contribution in [0.2, 0.25) is 0 Å². The van der Waals surface area contributed by atoms with Crippen LogP contribution >= 0.6 is 0 Å². The van der Waals surface area contributed by atoms with E-state index in [4.69, 9.17) is 11.5 Å². The highest BCUT2D eigenvalue weighted by Crippen LogP contribution is 2.30. The van der Waals surface area contributed by atoms with Gasteiger partial charge in [-0.2, -0.15) is 4.99 Å². The average Bonchev–Trinajstić information content (AvgIpc) is 2.46. The SMILES string of the molecule is NC(N)=NC(=O)C=Cc1ccccc1C1C=CCCC1. The van der Waals surface area contributed by atoms with Gasteiger partial charge in [-0.3, -0.25) is 4.79 Å². The minimum absolute atomic E-state index is 0.219. The van der Waals surface area contributed by atoms with Crippen LogP contribution in [0.1, 0.15) is 36.3 Å². The number of carbonyl (C=O) groups is 1. The summed E-state index contributed by atoms with van der Waals surface area (Å²) in [6, 6.07) is 8.08. The Morgan fingerprint density at radius 2 is 2.10 bits per heavy atom. The number of aliphatic imine (C=N–C) groups is 1. The van der Waals surface area contributed by atoms with Crippen molar-refractivity contribution >= 4 is 17.9 Å². The van der Waals surface area contributed by atoms with Crippen molar-refractivity contribution in [2.24, 2.45) is 16.5 Å². The van der Waals surface area contributed by atoms with Crippen LogP contribution in [0.5, 0.6) is 0 Å². The summed E-state index contributed by atoms with van der Waals surface area (Å²) < 4.78 is 0. The number of allylic oxidation sites excluding steroid dienone is 2. The highest BCUT2D eigenvalue weighted by atomic mass is 16.1. The Morgan fingerprint density at radius 3 is 2.80 bits per heavy atom. The number of nitrogens with zero attached hydrogens (tertiary/aromatic N) is 1. The summed E-state index contributed by atoms with van der Waals surface area (Å²) in [5.74, 6) is -0.245. The van der Waals surface area contributed by atoms with Gasteiger partial charge in [-0.05, 0) is 36.5 Å². The van der Waals surface area contributed by atoms with Crippen LogP contribution in [0.15, 0.2) is 47.5 Å². The molecule has 1 unspecified atom stereocenters. The number of nitrogens with two attached hydrogens (primary N) is 2. The van der Waals surface area contributed by atoms with Crippen LogP contribution in [0.4, 0.5) is 0 Å². The van der Waals surface area contributed by atoms with Gasteiger partial charge < -0.3 is 11.5 Å². The van der Waals surface area contributed by atoms with Crippen molar-refractivity contribution in [2.75, 3.05) is 0 Å². The maximum absolute atomic E-state index is 11.5. The Kier molecular flexibility index (Phi) is 4.71. The third-order valence-electron chi connectivity index (χ3n) is 3.29. The first-order chi connectivity index (χ1) is 9.66. The molecule has 1 aromatic carbocycles. The zero-order chi connectivity index (χ0) is 14.4. The number of hydrogen-bond donors (Lipinski definition) is 2. The molecule has 0 bridgehead atoms. The minimum atomic E-state index is -0.445. The molecule has 0 fully saturated rings. The van der Waals surface area contributed by atoms with E-state index in [1.165, 1.54) is 18.1 Å². The van der Waals surface area contributed by atoms with Crippen molar-refractivity contribution in [3.63, 3.8) is 0 Å². The maximum atomic E-state index is 11.5. The molecule has 104 valence electrons. The third-order valence-corrected chi connectivity index (χ3v) is 3.29. The summed E-state index contributed by atoms with van der Waals surface area (Å²) in [5.41, 5.74) is 12.6. The lowest BCUT2D eigenvalue weighted by molar-refractivity contribution is -0.113. The predicted molar refractivity (Wildman–Crippen MR) is 82.0 cm³/mol. The summed E-state index contributed by atoms with van der Waals surface area (Å²) in [5, 5.41) is 0. The Balaban J connectivity index is 2.22. The number of amides is 1. The molecule has 20 heavy (non-hydrogen) atoms. The molecule has 0 saturated heterocycles. The maximum Gasteiger partial charge on any atom is 0.272 e. The van der Waals surface area contributed by atoms with E-state index in [1.807, 2.05) is 18.2 Å². The molecule has 4 N–H and O–H groups in total.